The van der Waals surface area contributed by atoms with E-state index in [0.717, 1.165) is 23.4 Å². The summed E-state index contributed by atoms with van der Waals surface area (Å²) in [7, 11) is 0. The number of anilines is 1. The number of amides is 2. The lowest BCUT2D eigenvalue weighted by Crippen LogP contribution is -2.45. The number of benzene rings is 2. The average molecular weight is 677 g/mol. The van der Waals surface area contributed by atoms with E-state index in [1.807, 2.05) is 51.1 Å². The van der Waals surface area contributed by atoms with Crippen molar-refractivity contribution in [1.82, 2.24) is 15.1 Å². The molecular weight excluding hydrogens is 637 g/mol. The van der Waals surface area contributed by atoms with Crippen LogP contribution in [0.15, 0.2) is 66.0 Å². The van der Waals surface area contributed by atoms with Crippen LogP contribution in [0.2, 0.25) is 15.1 Å². The standard InChI is InChI=1S/C33H40Cl3N5O4/c1-5-7-16-45-31(43)21(3)17-23(22-12-9-8-10-13-22)20-33(4,6-2)32(44)38-29-28(40-15-11-14-37-40)30(42)41(39-29)27-25(35)18-24(34)19-26(27)36/h8-15,18-19,21,23,28,31,43H,5-7,16-17,20H2,1-4H3,(H,38,39,44). The van der Waals surface area contributed by atoms with Crippen molar-refractivity contribution in [1.29, 1.82) is 0 Å². The molecule has 5 unspecified atom stereocenters. The molecule has 0 radical (unpaired) electrons. The van der Waals surface area contributed by atoms with Crippen molar-refractivity contribution in [3.63, 3.8) is 0 Å². The molecule has 2 amide bonds. The minimum absolute atomic E-state index is 0.0569. The fraction of sp³-hybridized carbons (Fsp3) is 0.455. The Morgan fingerprint density at radius 3 is 2.42 bits per heavy atom. The zero-order chi connectivity index (χ0) is 32.7. The molecule has 12 heteroatoms. The monoisotopic (exact) mass is 675 g/mol. The quantitative estimate of drug-likeness (QED) is 0.135. The zero-order valence-electron chi connectivity index (χ0n) is 25.9. The van der Waals surface area contributed by atoms with E-state index >= 15 is 0 Å². The van der Waals surface area contributed by atoms with Gasteiger partial charge in [0, 0.05) is 35.4 Å². The molecule has 0 saturated heterocycles. The normalized spacial score (nSPS) is 18.3. The molecule has 0 fully saturated rings. The molecule has 1 aliphatic heterocycles. The largest absolute Gasteiger partial charge is 0.368 e. The van der Waals surface area contributed by atoms with Crippen molar-refractivity contribution in [2.75, 3.05) is 11.6 Å². The first-order valence-electron chi connectivity index (χ1n) is 15.2. The predicted octanol–water partition coefficient (Wildman–Crippen LogP) is 7.61. The van der Waals surface area contributed by atoms with E-state index in [4.69, 9.17) is 39.5 Å². The molecule has 3 aromatic rings. The first kappa shape index (κ1) is 34.9. The third kappa shape index (κ3) is 8.26. The number of amidine groups is 1. The van der Waals surface area contributed by atoms with Gasteiger partial charge < -0.3 is 15.2 Å². The van der Waals surface area contributed by atoms with Crippen molar-refractivity contribution >= 4 is 58.1 Å². The third-order valence-electron chi connectivity index (χ3n) is 8.36. The Labute approximate surface area is 279 Å². The van der Waals surface area contributed by atoms with Crippen LogP contribution in [0, 0.1) is 11.3 Å². The molecule has 2 heterocycles. The Hall–Kier alpha value is -2.95. The predicted molar refractivity (Wildman–Crippen MR) is 179 cm³/mol. The highest BCUT2D eigenvalue weighted by Crippen LogP contribution is 2.41. The van der Waals surface area contributed by atoms with Gasteiger partial charge in [-0.15, -0.1) is 5.10 Å². The van der Waals surface area contributed by atoms with Gasteiger partial charge in [-0.25, -0.2) is 0 Å². The number of unbranched alkanes of at least 4 members (excludes halogenated alkanes) is 1. The van der Waals surface area contributed by atoms with E-state index in [-0.39, 0.29) is 39.3 Å². The summed E-state index contributed by atoms with van der Waals surface area (Å²) in [5, 5.41) is 24.1. The van der Waals surface area contributed by atoms with E-state index in [9.17, 15) is 14.7 Å². The van der Waals surface area contributed by atoms with Gasteiger partial charge in [-0.1, -0.05) is 99.3 Å². The highest BCUT2D eigenvalue weighted by Gasteiger charge is 2.44. The summed E-state index contributed by atoms with van der Waals surface area (Å²) in [5.74, 6) is -0.915. The average Bonchev–Trinajstić information content (AvgIpc) is 3.64. The summed E-state index contributed by atoms with van der Waals surface area (Å²) in [5.41, 5.74) is 0.362. The second kappa shape index (κ2) is 15.6. The number of hydrazone groups is 1. The van der Waals surface area contributed by atoms with Gasteiger partial charge in [0.2, 0.25) is 5.91 Å². The molecular formula is C33H40Cl3N5O4. The number of aromatic nitrogens is 2. The fourth-order valence-electron chi connectivity index (χ4n) is 5.46. The second-order valence-electron chi connectivity index (χ2n) is 11.7. The lowest BCUT2D eigenvalue weighted by Gasteiger charge is -2.33. The van der Waals surface area contributed by atoms with E-state index in [1.54, 1.807) is 18.5 Å². The SMILES string of the molecule is CCCCOC(O)C(C)CC(CC(C)(CC)C(=O)NC1=NN(c2c(Cl)cc(Cl)cc2Cl)C(=O)C1n1cccn1)c1ccccc1. The summed E-state index contributed by atoms with van der Waals surface area (Å²) in [4.78, 5) is 27.9. The second-order valence-corrected chi connectivity index (χ2v) is 13.0. The number of halogens is 3. The van der Waals surface area contributed by atoms with E-state index in [2.05, 4.69) is 22.4 Å². The molecule has 4 rings (SSSR count). The summed E-state index contributed by atoms with van der Waals surface area (Å²) < 4.78 is 7.12. The van der Waals surface area contributed by atoms with Crippen LogP contribution < -0.4 is 10.3 Å². The minimum atomic E-state index is -1.05. The molecule has 9 nitrogen and oxygen atoms in total. The Morgan fingerprint density at radius 1 is 1.13 bits per heavy atom. The first-order valence-corrected chi connectivity index (χ1v) is 16.3. The zero-order valence-corrected chi connectivity index (χ0v) is 28.2. The number of nitrogens with one attached hydrogen (secondary N) is 1. The highest BCUT2D eigenvalue weighted by atomic mass is 35.5. The number of aliphatic hydroxyl groups is 1. The first-order chi connectivity index (χ1) is 21.5. The fourth-order valence-corrected chi connectivity index (χ4v) is 6.43. The molecule has 0 saturated carbocycles. The molecule has 2 N–H and O–H groups in total. The van der Waals surface area contributed by atoms with E-state index < -0.39 is 23.7 Å². The number of nitrogens with zero attached hydrogens (tertiary/aromatic N) is 4. The number of aliphatic hydroxyl groups excluding tert-OH is 1. The van der Waals surface area contributed by atoms with Gasteiger partial charge in [-0.2, -0.15) is 10.1 Å². The Bertz CT molecular complexity index is 1460. The van der Waals surface area contributed by atoms with Crippen molar-refractivity contribution in [3.8, 4) is 0 Å². The molecule has 1 aromatic heterocycles. The summed E-state index contributed by atoms with van der Waals surface area (Å²) in [6.07, 6.45) is 5.72. The van der Waals surface area contributed by atoms with Crippen LogP contribution in [-0.4, -0.2) is 45.4 Å². The lowest BCUT2D eigenvalue weighted by molar-refractivity contribution is -0.135. The van der Waals surface area contributed by atoms with Crippen LogP contribution in [-0.2, 0) is 14.3 Å². The van der Waals surface area contributed by atoms with Gasteiger partial charge in [0.1, 0.15) is 5.69 Å². The molecule has 0 bridgehead atoms. The maximum atomic E-state index is 14.2. The number of hydrogen-bond acceptors (Lipinski definition) is 6. The number of hydrogen-bond donors (Lipinski definition) is 2. The molecule has 1 aliphatic rings. The molecule has 2 aromatic carbocycles. The third-order valence-corrected chi connectivity index (χ3v) is 9.15. The van der Waals surface area contributed by atoms with Gasteiger partial charge in [0.25, 0.3) is 5.91 Å². The molecule has 45 heavy (non-hydrogen) atoms. The number of rotatable bonds is 14. The van der Waals surface area contributed by atoms with Gasteiger partial charge in [0.15, 0.2) is 18.2 Å². The van der Waals surface area contributed by atoms with Crippen LogP contribution in [0.5, 0.6) is 0 Å². The maximum absolute atomic E-state index is 14.2. The van der Waals surface area contributed by atoms with Crippen molar-refractivity contribution < 1.29 is 19.4 Å². The lowest BCUT2D eigenvalue weighted by atomic mass is 9.73. The smallest absolute Gasteiger partial charge is 0.280 e. The van der Waals surface area contributed by atoms with Crippen LogP contribution >= 0.6 is 34.8 Å². The van der Waals surface area contributed by atoms with Crippen LogP contribution in [0.4, 0.5) is 5.69 Å². The van der Waals surface area contributed by atoms with Gasteiger partial charge in [-0.3, -0.25) is 14.3 Å². The molecule has 0 aliphatic carbocycles. The number of carbonyl (C=O) groups is 2. The molecule has 242 valence electrons. The topological polar surface area (TPSA) is 109 Å². The Morgan fingerprint density at radius 2 is 1.82 bits per heavy atom. The molecule has 5 atom stereocenters. The summed E-state index contributed by atoms with van der Waals surface area (Å²) in [6.45, 7) is 8.40. The number of ether oxygens (including phenoxy) is 1. The maximum Gasteiger partial charge on any atom is 0.280 e. The molecule has 0 spiro atoms. The van der Waals surface area contributed by atoms with Crippen LogP contribution in [0.25, 0.3) is 0 Å². The van der Waals surface area contributed by atoms with Gasteiger partial charge in [0.05, 0.1) is 10.0 Å². The highest BCUT2D eigenvalue weighted by molar-refractivity contribution is 6.42. The number of carbonyl (C=O) groups excluding carboxylic acids is 2. The van der Waals surface area contributed by atoms with Gasteiger partial charge >= 0.3 is 0 Å². The minimum Gasteiger partial charge on any atom is -0.368 e. The van der Waals surface area contributed by atoms with Crippen molar-refractivity contribution in [2.45, 2.75) is 78.0 Å². The van der Waals surface area contributed by atoms with E-state index in [1.165, 1.54) is 16.8 Å². The van der Waals surface area contributed by atoms with Crippen molar-refractivity contribution in [3.05, 3.63) is 81.6 Å². The van der Waals surface area contributed by atoms with Crippen molar-refractivity contribution in [2.24, 2.45) is 16.4 Å². The van der Waals surface area contributed by atoms with Crippen LogP contribution in [0.3, 0.4) is 0 Å². The summed E-state index contributed by atoms with van der Waals surface area (Å²) >= 11 is 19.0. The van der Waals surface area contributed by atoms with Gasteiger partial charge in [-0.05, 0) is 55.4 Å². The Kier molecular flexibility index (Phi) is 12.1. The Balaban J connectivity index is 1.62. The van der Waals surface area contributed by atoms with Crippen LogP contribution in [0.1, 0.15) is 77.3 Å². The summed E-state index contributed by atoms with van der Waals surface area (Å²) in [6, 6.07) is 13.6. The van der Waals surface area contributed by atoms with E-state index in [0.29, 0.717) is 30.9 Å².